The Kier molecular flexibility index (Phi) is 5.14. The molecule has 1 aromatic heterocycles. The Morgan fingerprint density at radius 1 is 1.38 bits per heavy atom. The maximum absolute atomic E-state index is 13.2. The summed E-state index contributed by atoms with van der Waals surface area (Å²) < 4.78 is 13.2. The van der Waals surface area contributed by atoms with E-state index in [1.54, 1.807) is 12.1 Å². The van der Waals surface area contributed by atoms with Crippen LogP contribution in [0.25, 0.3) is 6.08 Å². The third kappa shape index (κ3) is 3.75. The van der Waals surface area contributed by atoms with E-state index in [0.717, 1.165) is 37.8 Å². The molecule has 1 saturated carbocycles. The van der Waals surface area contributed by atoms with Crippen LogP contribution >= 0.6 is 0 Å². The number of anilines is 1. The molecule has 3 N–H and O–H groups in total. The van der Waals surface area contributed by atoms with Crippen molar-refractivity contribution in [1.29, 1.82) is 0 Å². The van der Waals surface area contributed by atoms with E-state index in [1.165, 1.54) is 31.9 Å². The van der Waals surface area contributed by atoms with Crippen molar-refractivity contribution >= 4 is 17.9 Å². The Labute approximate surface area is 141 Å². The fourth-order valence-corrected chi connectivity index (χ4v) is 3.99. The molecule has 1 aliphatic heterocycles. The summed E-state index contributed by atoms with van der Waals surface area (Å²) in [5, 5.41) is 15.7. The molecule has 0 spiro atoms. The van der Waals surface area contributed by atoms with Gasteiger partial charge < -0.3 is 15.7 Å². The summed E-state index contributed by atoms with van der Waals surface area (Å²) in [4.78, 5) is 14.9. The van der Waals surface area contributed by atoms with E-state index in [0.29, 0.717) is 11.5 Å². The van der Waals surface area contributed by atoms with Crippen molar-refractivity contribution in [2.45, 2.75) is 44.1 Å². The number of pyridine rings is 1. The van der Waals surface area contributed by atoms with Crippen LogP contribution in [0.4, 0.5) is 10.2 Å². The fourth-order valence-electron chi connectivity index (χ4n) is 3.99. The highest BCUT2D eigenvalue weighted by atomic mass is 19.1. The van der Waals surface area contributed by atoms with Crippen LogP contribution in [0.3, 0.4) is 0 Å². The lowest BCUT2D eigenvalue weighted by atomic mass is 9.77. The van der Waals surface area contributed by atoms with E-state index in [9.17, 15) is 9.18 Å². The molecule has 1 aromatic rings. The third-order valence-electron chi connectivity index (χ3n) is 5.21. The molecule has 1 aliphatic carbocycles. The molecule has 0 aromatic carbocycles. The zero-order chi connectivity index (χ0) is 17.0. The summed E-state index contributed by atoms with van der Waals surface area (Å²) in [5.74, 6) is -1.34. The summed E-state index contributed by atoms with van der Waals surface area (Å²) in [6, 6.07) is 3.49. The minimum Gasteiger partial charge on any atom is -0.476 e. The van der Waals surface area contributed by atoms with Crippen LogP contribution in [0.1, 0.15) is 44.1 Å². The largest absolute Gasteiger partial charge is 0.476 e. The third-order valence-corrected chi connectivity index (χ3v) is 5.21. The highest BCUT2D eigenvalue weighted by Gasteiger charge is 2.41. The molecular formula is C18H24FN3O2. The van der Waals surface area contributed by atoms with Crippen molar-refractivity contribution < 1.29 is 14.3 Å². The lowest BCUT2D eigenvalue weighted by molar-refractivity contribution is -0.134. The van der Waals surface area contributed by atoms with Crippen LogP contribution in [-0.4, -0.2) is 34.7 Å². The normalized spacial score (nSPS) is 25.6. The maximum atomic E-state index is 13.2. The van der Waals surface area contributed by atoms with Crippen molar-refractivity contribution in [1.82, 2.24) is 10.3 Å². The highest BCUT2D eigenvalue weighted by molar-refractivity contribution is 5.89. The van der Waals surface area contributed by atoms with Gasteiger partial charge in [0, 0.05) is 12.7 Å². The molecular weight excluding hydrogens is 309 g/mol. The van der Waals surface area contributed by atoms with E-state index in [-0.39, 0.29) is 5.54 Å². The minimum atomic E-state index is -1.56. The van der Waals surface area contributed by atoms with E-state index in [2.05, 4.69) is 15.6 Å². The van der Waals surface area contributed by atoms with Gasteiger partial charge in [0.05, 0.1) is 5.54 Å². The van der Waals surface area contributed by atoms with Crippen LogP contribution in [0.15, 0.2) is 24.2 Å². The summed E-state index contributed by atoms with van der Waals surface area (Å²) in [6.07, 6.45) is 9.84. The first-order valence-corrected chi connectivity index (χ1v) is 8.64. The van der Waals surface area contributed by atoms with Crippen LogP contribution < -0.4 is 10.6 Å². The first-order valence-electron chi connectivity index (χ1n) is 8.64. The molecule has 0 bridgehead atoms. The Morgan fingerprint density at radius 3 is 2.75 bits per heavy atom. The van der Waals surface area contributed by atoms with Crippen LogP contribution in [0.2, 0.25) is 0 Å². The van der Waals surface area contributed by atoms with Crippen molar-refractivity contribution in [3.05, 3.63) is 29.7 Å². The first kappa shape index (κ1) is 16.9. The van der Waals surface area contributed by atoms with Gasteiger partial charge in [-0.1, -0.05) is 12.8 Å². The predicted molar refractivity (Wildman–Crippen MR) is 91.4 cm³/mol. The number of nitrogens with zero attached hydrogens (tertiary/aromatic N) is 1. The number of carbonyl (C=O) groups is 1. The molecule has 0 radical (unpaired) electrons. The standard InChI is InChI=1S/C18H24FN3O2/c19-15(17(23)24)10-13-6-7-16(21-11-13)22-18(8-3-9-20-12-18)14-4-1-2-5-14/h6-7,10-11,14,20H,1-5,8-9,12H2,(H,21,22)(H,23,24)/b15-10-/t18-/m0/s1. The minimum absolute atomic E-state index is 0.0332. The molecule has 3 rings (SSSR count). The average Bonchev–Trinajstić information content (AvgIpc) is 3.13. The number of hydrogen-bond acceptors (Lipinski definition) is 4. The Morgan fingerprint density at radius 2 is 2.17 bits per heavy atom. The number of nitrogens with one attached hydrogen (secondary N) is 2. The Hall–Kier alpha value is -1.95. The van der Waals surface area contributed by atoms with Crippen molar-refractivity contribution in [3.63, 3.8) is 0 Å². The smallest absolute Gasteiger partial charge is 0.364 e. The molecule has 0 amide bonds. The van der Waals surface area contributed by atoms with Gasteiger partial charge in [-0.05, 0) is 61.9 Å². The average molecular weight is 333 g/mol. The summed E-state index contributed by atoms with van der Waals surface area (Å²) in [7, 11) is 0. The van der Waals surface area contributed by atoms with Gasteiger partial charge in [0.25, 0.3) is 0 Å². The number of aliphatic carboxylic acids is 1. The number of aromatic nitrogens is 1. The quantitative estimate of drug-likeness (QED) is 0.722. The molecule has 2 heterocycles. The second-order valence-electron chi connectivity index (χ2n) is 6.82. The maximum Gasteiger partial charge on any atom is 0.364 e. The molecule has 6 heteroatoms. The molecule has 130 valence electrons. The highest BCUT2D eigenvalue weighted by Crippen LogP contribution is 2.39. The van der Waals surface area contributed by atoms with Gasteiger partial charge in [-0.2, -0.15) is 4.39 Å². The SMILES string of the molecule is O=C(O)/C(F)=C/c1ccc(N[C@@]2(C3CCCC3)CCCNC2)nc1. The molecule has 24 heavy (non-hydrogen) atoms. The number of carboxylic acid groups (broad SMARTS) is 1. The Bertz CT molecular complexity index is 603. The van der Waals surface area contributed by atoms with E-state index >= 15 is 0 Å². The lowest BCUT2D eigenvalue weighted by Crippen LogP contribution is -2.55. The van der Waals surface area contributed by atoms with Gasteiger partial charge >= 0.3 is 5.97 Å². The molecule has 2 aliphatic rings. The van der Waals surface area contributed by atoms with E-state index < -0.39 is 11.8 Å². The topological polar surface area (TPSA) is 74.2 Å². The van der Waals surface area contributed by atoms with E-state index in [1.807, 2.05) is 0 Å². The number of carboxylic acids is 1. The van der Waals surface area contributed by atoms with Crippen molar-refractivity contribution in [2.24, 2.45) is 5.92 Å². The zero-order valence-electron chi connectivity index (χ0n) is 13.7. The van der Waals surface area contributed by atoms with Crippen LogP contribution in [-0.2, 0) is 4.79 Å². The van der Waals surface area contributed by atoms with Crippen LogP contribution in [0.5, 0.6) is 0 Å². The molecule has 0 unspecified atom stereocenters. The molecule has 1 saturated heterocycles. The summed E-state index contributed by atoms with van der Waals surface area (Å²) in [6.45, 7) is 2.00. The number of halogens is 1. The lowest BCUT2D eigenvalue weighted by Gasteiger charge is -2.43. The van der Waals surface area contributed by atoms with Gasteiger partial charge in [-0.25, -0.2) is 9.78 Å². The number of rotatable bonds is 5. The monoisotopic (exact) mass is 333 g/mol. The Balaban J connectivity index is 1.75. The van der Waals surface area contributed by atoms with Gasteiger partial charge in [0.15, 0.2) is 0 Å². The van der Waals surface area contributed by atoms with Gasteiger partial charge in [0.2, 0.25) is 5.83 Å². The predicted octanol–water partition coefficient (Wildman–Crippen LogP) is 3.20. The number of piperidine rings is 1. The second-order valence-corrected chi connectivity index (χ2v) is 6.82. The van der Waals surface area contributed by atoms with Gasteiger partial charge in [0.1, 0.15) is 5.82 Å². The number of hydrogen-bond donors (Lipinski definition) is 3. The zero-order valence-corrected chi connectivity index (χ0v) is 13.7. The van der Waals surface area contributed by atoms with Gasteiger partial charge in [-0.15, -0.1) is 0 Å². The molecule has 5 nitrogen and oxygen atoms in total. The van der Waals surface area contributed by atoms with Crippen molar-refractivity contribution in [2.75, 3.05) is 18.4 Å². The summed E-state index contributed by atoms with van der Waals surface area (Å²) in [5.41, 5.74) is 0.475. The summed E-state index contributed by atoms with van der Waals surface area (Å²) >= 11 is 0. The second kappa shape index (κ2) is 7.30. The van der Waals surface area contributed by atoms with Gasteiger partial charge in [-0.3, -0.25) is 0 Å². The molecule has 2 fully saturated rings. The fraction of sp³-hybridized carbons (Fsp3) is 0.556. The van der Waals surface area contributed by atoms with Crippen molar-refractivity contribution in [3.8, 4) is 0 Å². The molecule has 1 atom stereocenters. The van der Waals surface area contributed by atoms with E-state index in [4.69, 9.17) is 5.11 Å². The van der Waals surface area contributed by atoms with Crippen LogP contribution in [0, 0.1) is 5.92 Å². The first-order chi connectivity index (χ1) is 11.6.